The van der Waals surface area contributed by atoms with E-state index in [0.717, 1.165) is 0 Å². The normalized spacial score (nSPS) is 14.0. The van der Waals surface area contributed by atoms with Gasteiger partial charge in [-0.3, -0.25) is 4.55 Å². The molecule has 0 aliphatic carbocycles. The van der Waals surface area contributed by atoms with E-state index >= 15 is 0 Å². The Morgan fingerprint density at radius 1 is 1.07 bits per heavy atom. The van der Waals surface area contributed by atoms with E-state index < -0.39 is 27.7 Å². The number of rotatable bonds is 3. The molecule has 3 nitrogen and oxygen atoms in total. The molecule has 0 aromatic carbocycles. The van der Waals surface area contributed by atoms with E-state index in [1.54, 1.807) is 0 Å². The summed E-state index contributed by atoms with van der Waals surface area (Å²) in [6, 6.07) is 0. The Labute approximate surface area is 91.2 Å². The third kappa shape index (κ3) is 2.62. The monoisotopic (exact) mass is 360 g/mol. The maximum absolute atomic E-state index is 11.9. The molecule has 0 radical (unpaired) electrons. The zero-order chi connectivity index (χ0) is 11.1. The molecule has 0 fully saturated rings. The highest BCUT2D eigenvalue weighted by molar-refractivity contribution is 14.0. The zero-order valence-electron chi connectivity index (χ0n) is 5.93. The summed E-state index contributed by atoms with van der Waals surface area (Å²) < 4.78 is 96.5. The van der Waals surface area contributed by atoms with Crippen LogP contribution in [0.4, 0.5) is 26.3 Å². The topological polar surface area (TPSA) is 54.4 Å². The Kier molecular flexibility index (Phi) is 5.21. The summed E-state index contributed by atoms with van der Waals surface area (Å²) in [4.78, 5) is 0. The molecule has 14 heavy (non-hydrogen) atoms. The van der Waals surface area contributed by atoms with Gasteiger partial charge in [0.25, 0.3) is 0 Å². The molecule has 11 heteroatoms. The van der Waals surface area contributed by atoms with Gasteiger partial charge >= 0.3 is 27.7 Å². The van der Waals surface area contributed by atoms with Crippen molar-refractivity contribution in [3.63, 3.8) is 0 Å². The van der Waals surface area contributed by atoms with Gasteiger partial charge in [-0.2, -0.15) is 26.0 Å². The van der Waals surface area contributed by atoms with Gasteiger partial charge in [0, 0.05) is 0 Å². The van der Waals surface area contributed by atoms with Gasteiger partial charge in [-0.05, 0) is 0 Å². The largest absolute Gasteiger partial charge is 0.437 e. The van der Waals surface area contributed by atoms with Crippen molar-refractivity contribution in [2.24, 2.45) is 0 Å². The minimum Gasteiger partial charge on any atom is -0.281 e. The van der Waals surface area contributed by atoms with E-state index in [2.05, 4.69) is 0 Å². The quantitative estimate of drug-likeness (QED) is 0.476. The average molecular weight is 360 g/mol. The molecule has 88 valence electrons. The van der Waals surface area contributed by atoms with E-state index in [4.69, 9.17) is 4.55 Å². The predicted octanol–water partition coefficient (Wildman–Crippen LogP) is 1.99. The van der Waals surface area contributed by atoms with Crippen LogP contribution in [0.25, 0.3) is 0 Å². The van der Waals surface area contributed by atoms with Crippen molar-refractivity contribution in [2.45, 2.75) is 17.6 Å². The van der Waals surface area contributed by atoms with Crippen molar-refractivity contribution < 1.29 is 39.3 Å². The summed E-state index contributed by atoms with van der Waals surface area (Å²) in [6.45, 7) is 0. The highest BCUT2D eigenvalue weighted by atomic mass is 127. The van der Waals surface area contributed by atoms with Crippen molar-refractivity contribution >= 4 is 34.1 Å². The van der Waals surface area contributed by atoms with E-state index in [-0.39, 0.29) is 24.0 Å². The lowest BCUT2D eigenvalue weighted by atomic mass is 10.4. The second kappa shape index (κ2) is 4.38. The molecule has 0 amide bonds. The molecule has 0 bridgehead atoms. The number of halogens is 7. The highest BCUT2D eigenvalue weighted by Crippen LogP contribution is 2.42. The lowest BCUT2D eigenvalue weighted by molar-refractivity contribution is -0.227. The van der Waals surface area contributed by atoms with Crippen LogP contribution in [0, 0.1) is 0 Å². The first-order valence-electron chi connectivity index (χ1n) is 2.45. The van der Waals surface area contributed by atoms with Crippen LogP contribution in [0.5, 0.6) is 0 Å². The molecule has 0 aliphatic heterocycles. The molecule has 0 aromatic rings. The van der Waals surface area contributed by atoms with Gasteiger partial charge in [-0.1, -0.05) is 0 Å². The number of alkyl halides is 6. The standard InChI is InChI=1S/C3H2F6O3S.HI/c4-1(5)2(6,7)3(8,9)13(10,11)12;/h1H,(H,10,11,12);1H. The Balaban J connectivity index is 0. The van der Waals surface area contributed by atoms with Gasteiger partial charge < -0.3 is 0 Å². The van der Waals surface area contributed by atoms with E-state index in [1.165, 1.54) is 0 Å². The second-order valence-electron chi connectivity index (χ2n) is 1.92. The van der Waals surface area contributed by atoms with Gasteiger partial charge in [0.15, 0.2) is 0 Å². The van der Waals surface area contributed by atoms with Crippen LogP contribution in [-0.4, -0.2) is 30.6 Å². The van der Waals surface area contributed by atoms with Crippen LogP contribution < -0.4 is 0 Å². The fourth-order valence-electron chi connectivity index (χ4n) is 0.299. The molecule has 0 rings (SSSR count). The molecule has 0 aromatic heterocycles. The third-order valence-corrected chi connectivity index (χ3v) is 1.91. The van der Waals surface area contributed by atoms with Crippen molar-refractivity contribution in [1.29, 1.82) is 0 Å². The summed E-state index contributed by atoms with van der Waals surface area (Å²) >= 11 is 0. The summed E-state index contributed by atoms with van der Waals surface area (Å²) in [5, 5.41) is -6.20. The molecule has 0 saturated carbocycles. The summed E-state index contributed by atoms with van der Waals surface area (Å²) in [5.74, 6) is -6.12. The molecule has 1 N–H and O–H groups in total. The Morgan fingerprint density at radius 3 is 1.43 bits per heavy atom. The van der Waals surface area contributed by atoms with Gasteiger partial charge in [-0.25, -0.2) is 8.78 Å². The minimum atomic E-state index is -6.57. The van der Waals surface area contributed by atoms with Crippen LogP contribution in [0.2, 0.25) is 0 Å². The highest BCUT2D eigenvalue weighted by Gasteiger charge is 2.70. The predicted molar refractivity (Wildman–Crippen MR) is 42.9 cm³/mol. The van der Waals surface area contributed by atoms with E-state index in [1.807, 2.05) is 0 Å². The molecule has 0 heterocycles. The molecule has 0 aliphatic rings. The van der Waals surface area contributed by atoms with Gasteiger partial charge in [-0.15, -0.1) is 24.0 Å². The van der Waals surface area contributed by atoms with E-state index in [0.29, 0.717) is 0 Å². The number of hydrogen-bond acceptors (Lipinski definition) is 2. The maximum Gasteiger partial charge on any atom is 0.437 e. The van der Waals surface area contributed by atoms with Crippen LogP contribution >= 0.6 is 24.0 Å². The minimum absolute atomic E-state index is 0. The SMILES string of the molecule is I.O=S(=O)(O)C(F)(F)C(F)(F)C(F)F. The van der Waals surface area contributed by atoms with Gasteiger partial charge in [0.1, 0.15) is 0 Å². The summed E-state index contributed by atoms with van der Waals surface area (Å²) in [5.41, 5.74) is 0. The van der Waals surface area contributed by atoms with E-state index in [9.17, 15) is 34.8 Å². The third-order valence-electron chi connectivity index (χ3n) is 0.986. The summed E-state index contributed by atoms with van der Waals surface area (Å²) in [7, 11) is -6.57. The number of hydrogen-bond donors (Lipinski definition) is 1. The fraction of sp³-hybridized carbons (Fsp3) is 1.00. The van der Waals surface area contributed by atoms with Crippen molar-refractivity contribution in [2.75, 3.05) is 0 Å². The maximum atomic E-state index is 11.9. The zero-order valence-corrected chi connectivity index (χ0v) is 9.07. The van der Waals surface area contributed by atoms with Crippen LogP contribution in [0.3, 0.4) is 0 Å². The first-order chi connectivity index (χ1) is 5.44. The molecular formula is C3H3F6IO3S. The van der Waals surface area contributed by atoms with Crippen molar-refractivity contribution in [1.82, 2.24) is 0 Å². The van der Waals surface area contributed by atoms with Gasteiger partial charge in [0.05, 0.1) is 0 Å². The van der Waals surface area contributed by atoms with Crippen molar-refractivity contribution in [3.05, 3.63) is 0 Å². The molecule has 0 unspecified atom stereocenters. The molecule has 0 spiro atoms. The van der Waals surface area contributed by atoms with Gasteiger partial charge in [0.2, 0.25) is 0 Å². The first-order valence-corrected chi connectivity index (χ1v) is 3.89. The lowest BCUT2D eigenvalue weighted by Gasteiger charge is -2.22. The second-order valence-corrected chi connectivity index (χ2v) is 3.38. The Bertz CT molecular complexity index is 287. The Hall–Kier alpha value is 0.220. The molecule has 0 atom stereocenters. The fourth-order valence-corrected chi connectivity index (χ4v) is 0.732. The Morgan fingerprint density at radius 2 is 1.36 bits per heavy atom. The van der Waals surface area contributed by atoms with Crippen LogP contribution in [0.15, 0.2) is 0 Å². The van der Waals surface area contributed by atoms with Crippen molar-refractivity contribution in [3.8, 4) is 0 Å². The molecule has 0 saturated heterocycles. The first kappa shape index (κ1) is 16.6. The van der Waals surface area contributed by atoms with Crippen LogP contribution in [-0.2, 0) is 10.1 Å². The molecular weight excluding hydrogens is 357 g/mol. The van der Waals surface area contributed by atoms with Crippen LogP contribution in [0.1, 0.15) is 0 Å². The average Bonchev–Trinajstić information content (AvgIpc) is 1.84. The summed E-state index contributed by atoms with van der Waals surface area (Å²) in [6.07, 6.45) is -4.90. The smallest absolute Gasteiger partial charge is 0.281 e. The lowest BCUT2D eigenvalue weighted by Crippen LogP contribution is -2.51.